The molecule has 3 nitrogen and oxygen atoms in total. The molecular weight excluding hydrogens is 190 g/mol. The lowest BCUT2D eigenvalue weighted by Gasteiger charge is -2.23. The first-order valence-electron chi connectivity index (χ1n) is 6.20. The lowest BCUT2D eigenvalue weighted by molar-refractivity contribution is -0.127. The lowest BCUT2D eigenvalue weighted by Crippen LogP contribution is -2.35. The van der Waals surface area contributed by atoms with Crippen molar-refractivity contribution in [2.45, 2.75) is 45.4 Å². The van der Waals surface area contributed by atoms with Crippen LogP contribution in [0.25, 0.3) is 0 Å². The van der Waals surface area contributed by atoms with Gasteiger partial charge < -0.3 is 10.1 Å². The molecule has 1 rings (SSSR count). The Balaban J connectivity index is 1.81. The summed E-state index contributed by atoms with van der Waals surface area (Å²) in [6.07, 6.45) is 6.63. The van der Waals surface area contributed by atoms with Gasteiger partial charge in [-0.05, 0) is 25.7 Å². The van der Waals surface area contributed by atoms with Gasteiger partial charge in [0.2, 0.25) is 5.91 Å². The van der Waals surface area contributed by atoms with E-state index in [0.717, 1.165) is 45.4 Å². The van der Waals surface area contributed by atoms with Crippen LogP contribution in [0.2, 0.25) is 0 Å². The van der Waals surface area contributed by atoms with Gasteiger partial charge in [0.15, 0.2) is 0 Å². The number of rotatable bonds is 8. The minimum Gasteiger partial charge on any atom is -0.381 e. The van der Waals surface area contributed by atoms with E-state index < -0.39 is 0 Å². The highest BCUT2D eigenvalue weighted by atomic mass is 16.5. The molecule has 1 N–H and O–H groups in total. The van der Waals surface area contributed by atoms with Crippen LogP contribution in [-0.4, -0.2) is 25.7 Å². The molecular formula is C12H23NO2. The fourth-order valence-electron chi connectivity index (χ4n) is 1.55. The van der Waals surface area contributed by atoms with Gasteiger partial charge in [-0.2, -0.15) is 0 Å². The average Bonchev–Trinajstić information content (AvgIpc) is 2.14. The number of carbonyl (C=O) groups is 1. The molecule has 0 aromatic carbocycles. The Morgan fingerprint density at radius 3 is 2.67 bits per heavy atom. The van der Waals surface area contributed by atoms with E-state index in [0.29, 0.717) is 5.92 Å². The lowest BCUT2D eigenvalue weighted by atomic mass is 9.85. The van der Waals surface area contributed by atoms with Crippen LogP contribution in [0.1, 0.15) is 45.4 Å². The van der Waals surface area contributed by atoms with Gasteiger partial charge in [0.25, 0.3) is 0 Å². The van der Waals surface area contributed by atoms with Gasteiger partial charge in [-0.1, -0.05) is 19.8 Å². The largest absolute Gasteiger partial charge is 0.381 e. The summed E-state index contributed by atoms with van der Waals surface area (Å²) in [5.74, 6) is 0.556. The molecule has 0 aromatic rings. The maximum Gasteiger partial charge on any atom is 0.223 e. The van der Waals surface area contributed by atoms with E-state index in [-0.39, 0.29) is 5.91 Å². The number of nitrogens with one attached hydrogen (secondary N) is 1. The van der Waals surface area contributed by atoms with Crippen molar-refractivity contribution in [3.05, 3.63) is 0 Å². The topological polar surface area (TPSA) is 38.3 Å². The highest BCUT2D eigenvalue weighted by Crippen LogP contribution is 2.25. The van der Waals surface area contributed by atoms with Gasteiger partial charge in [0.05, 0.1) is 0 Å². The Morgan fingerprint density at radius 1 is 1.33 bits per heavy atom. The van der Waals surface area contributed by atoms with Gasteiger partial charge >= 0.3 is 0 Å². The van der Waals surface area contributed by atoms with Gasteiger partial charge in [-0.3, -0.25) is 4.79 Å². The summed E-state index contributed by atoms with van der Waals surface area (Å²) in [6.45, 7) is 4.54. The van der Waals surface area contributed by atoms with Crippen molar-refractivity contribution in [1.29, 1.82) is 0 Å². The second-order valence-corrected chi connectivity index (χ2v) is 4.24. The summed E-state index contributed by atoms with van der Waals surface area (Å²) in [7, 11) is 0. The molecule has 1 aliphatic carbocycles. The van der Waals surface area contributed by atoms with E-state index in [9.17, 15) is 4.79 Å². The van der Waals surface area contributed by atoms with E-state index in [4.69, 9.17) is 4.74 Å². The monoisotopic (exact) mass is 213 g/mol. The smallest absolute Gasteiger partial charge is 0.223 e. The maximum absolute atomic E-state index is 11.4. The zero-order valence-corrected chi connectivity index (χ0v) is 9.76. The second-order valence-electron chi connectivity index (χ2n) is 4.24. The fraction of sp³-hybridized carbons (Fsp3) is 0.917. The standard InChI is InChI=1S/C12H23NO2/c1-2-3-9-15-10-5-8-13-12(14)11-6-4-7-11/h11H,2-10H2,1H3,(H,13,14). The number of hydrogen-bond acceptors (Lipinski definition) is 2. The zero-order valence-electron chi connectivity index (χ0n) is 9.76. The van der Waals surface area contributed by atoms with E-state index >= 15 is 0 Å². The van der Waals surface area contributed by atoms with E-state index in [1.807, 2.05) is 0 Å². The molecule has 1 amide bonds. The average molecular weight is 213 g/mol. The summed E-state index contributed by atoms with van der Waals surface area (Å²) < 4.78 is 5.41. The van der Waals surface area contributed by atoms with Crippen LogP contribution in [0.3, 0.4) is 0 Å². The molecule has 1 aliphatic rings. The third kappa shape index (κ3) is 5.17. The van der Waals surface area contributed by atoms with Crippen LogP contribution in [0, 0.1) is 5.92 Å². The van der Waals surface area contributed by atoms with Crippen molar-refractivity contribution in [3.8, 4) is 0 Å². The van der Waals surface area contributed by atoms with Crippen LogP contribution in [0.15, 0.2) is 0 Å². The number of carbonyl (C=O) groups excluding carboxylic acids is 1. The van der Waals surface area contributed by atoms with E-state index in [1.165, 1.54) is 12.8 Å². The molecule has 3 heteroatoms. The van der Waals surface area contributed by atoms with Crippen molar-refractivity contribution < 1.29 is 9.53 Å². The normalized spacial score (nSPS) is 16.1. The first kappa shape index (κ1) is 12.5. The fourth-order valence-corrected chi connectivity index (χ4v) is 1.55. The summed E-state index contributed by atoms with van der Waals surface area (Å²) in [6, 6.07) is 0. The minimum atomic E-state index is 0.245. The maximum atomic E-state index is 11.4. The Morgan fingerprint density at radius 2 is 2.07 bits per heavy atom. The molecule has 15 heavy (non-hydrogen) atoms. The quantitative estimate of drug-likeness (QED) is 0.627. The summed E-state index contributed by atoms with van der Waals surface area (Å²) >= 11 is 0. The van der Waals surface area contributed by atoms with E-state index in [1.54, 1.807) is 0 Å². The molecule has 0 saturated heterocycles. The van der Waals surface area contributed by atoms with Crippen molar-refractivity contribution in [2.24, 2.45) is 5.92 Å². The molecule has 0 aliphatic heterocycles. The second kappa shape index (κ2) is 7.69. The number of unbranched alkanes of at least 4 members (excludes halogenated alkanes) is 1. The van der Waals surface area contributed by atoms with Crippen molar-refractivity contribution >= 4 is 5.91 Å². The first-order chi connectivity index (χ1) is 7.34. The number of amides is 1. The zero-order chi connectivity index (χ0) is 10.9. The first-order valence-corrected chi connectivity index (χ1v) is 6.20. The summed E-state index contributed by atoms with van der Waals surface area (Å²) in [5.41, 5.74) is 0. The highest BCUT2D eigenvalue weighted by Gasteiger charge is 2.24. The Hall–Kier alpha value is -0.570. The molecule has 0 aromatic heterocycles. The Kier molecular flexibility index (Phi) is 6.41. The number of ether oxygens (including phenoxy) is 1. The van der Waals surface area contributed by atoms with Crippen LogP contribution in [-0.2, 0) is 9.53 Å². The predicted molar refractivity (Wildman–Crippen MR) is 60.7 cm³/mol. The Bertz CT molecular complexity index is 178. The molecule has 0 spiro atoms. The van der Waals surface area contributed by atoms with Crippen molar-refractivity contribution in [2.75, 3.05) is 19.8 Å². The minimum absolute atomic E-state index is 0.245. The van der Waals surface area contributed by atoms with Gasteiger partial charge in [-0.15, -0.1) is 0 Å². The van der Waals surface area contributed by atoms with Crippen LogP contribution >= 0.6 is 0 Å². The molecule has 0 radical (unpaired) electrons. The van der Waals surface area contributed by atoms with E-state index in [2.05, 4.69) is 12.2 Å². The number of hydrogen-bond donors (Lipinski definition) is 1. The molecule has 1 fully saturated rings. The molecule has 0 bridgehead atoms. The van der Waals surface area contributed by atoms with Crippen LogP contribution in [0.5, 0.6) is 0 Å². The highest BCUT2D eigenvalue weighted by molar-refractivity contribution is 5.79. The third-order valence-electron chi connectivity index (χ3n) is 2.88. The summed E-state index contributed by atoms with van der Waals surface area (Å²) in [4.78, 5) is 11.4. The third-order valence-corrected chi connectivity index (χ3v) is 2.88. The molecule has 0 atom stereocenters. The molecule has 88 valence electrons. The molecule has 1 saturated carbocycles. The van der Waals surface area contributed by atoms with Crippen molar-refractivity contribution in [1.82, 2.24) is 5.32 Å². The van der Waals surface area contributed by atoms with Gasteiger partial charge in [0, 0.05) is 25.7 Å². The Labute approximate surface area is 92.6 Å². The van der Waals surface area contributed by atoms with Crippen molar-refractivity contribution in [3.63, 3.8) is 0 Å². The predicted octanol–water partition coefficient (Wildman–Crippen LogP) is 2.11. The SMILES string of the molecule is CCCCOCCCNC(=O)C1CCC1. The van der Waals surface area contributed by atoms with Gasteiger partial charge in [0.1, 0.15) is 0 Å². The summed E-state index contributed by atoms with van der Waals surface area (Å²) in [5, 5.41) is 2.96. The van der Waals surface area contributed by atoms with Crippen LogP contribution in [0.4, 0.5) is 0 Å². The van der Waals surface area contributed by atoms with Crippen LogP contribution < -0.4 is 5.32 Å². The molecule has 0 heterocycles. The van der Waals surface area contributed by atoms with Gasteiger partial charge in [-0.25, -0.2) is 0 Å². The molecule has 0 unspecified atom stereocenters.